The maximum atomic E-state index is 12.1. The lowest BCUT2D eigenvalue weighted by Crippen LogP contribution is -2.34. The van der Waals surface area contributed by atoms with E-state index in [1.807, 2.05) is 13.8 Å². The molecule has 1 atom stereocenters. The van der Waals surface area contributed by atoms with Gasteiger partial charge in [-0.05, 0) is 25.0 Å². The Labute approximate surface area is 133 Å². The van der Waals surface area contributed by atoms with Gasteiger partial charge in [-0.1, -0.05) is 30.1 Å². The van der Waals surface area contributed by atoms with E-state index in [0.717, 1.165) is 0 Å². The van der Waals surface area contributed by atoms with Crippen molar-refractivity contribution in [3.8, 4) is 0 Å². The van der Waals surface area contributed by atoms with E-state index < -0.39 is 5.79 Å². The lowest BCUT2D eigenvalue weighted by Gasteiger charge is -2.26. The molecule has 0 spiro atoms. The summed E-state index contributed by atoms with van der Waals surface area (Å²) >= 11 is 11.7. The van der Waals surface area contributed by atoms with Gasteiger partial charge in [-0.15, -0.1) is 0 Å². The molecule has 21 heavy (non-hydrogen) atoms. The Morgan fingerprint density at radius 2 is 2.10 bits per heavy atom. The zero-order chi connectivity index (χ0) is 15.5. The standard InChI is InChI=1S/C14H18Cl2N2O3/c1-9(7-14(2)20-5-6-21-14)8-17-13(19)12-10(15)3-4-11(16)18-12/h3-4,9H,5-8H2,1-2H3,(H,17,19)/t9-/m1/s1. The van der Waals surface area contributed by atoms with Crippen LogP contribution in [0.15, 0.2) is 12.1 Å². The van der Waals surface area contributed by atoms with Crippen LogP contribution in [0.1, 0.15) is 30.8 Å². The number of halogens is 2. The Kier molecular flexibility index (Phi) is 5.43. The topological polar surface area (TPSA) is 60.5 Å². The van der Waals surface area contributed by atoms with E-state index in [1.165, 1.54) is 0 Å². The number of carbonyl (C=O) groups excluding carboxylic acids is 1. The van der Waals surface area contributed by atoms with Gasteiger partial charge in [0.25, 0.3) is 5.91 Å². The Hall–Kier alpha value is -0.880. The van der Waals surface area contributed by atoms with Gasteiger partial charge in [-0.2, -0.15) is 0 Å². The van der Waals surface area contributed by atoms with Gasteiger partial charge in [0, 0.05) is 13.0 Å². The molecule has 1 aliphatic rings. The van der Waals surface area contributed by atoms with Gasteiger partial charge in [0.05, 0.1) is 18.2 Å². The number of hydrogen-bond acceptors (Lipinski definition) is 4. The molecule has 1 aromatic heterocycles. The highest BCUT2D eigenvalue weighted by atomic mass is 35.5. The molecular formula is C14H18Cl2N2O3. The molecule has 0 saturated carbocycles. The fourth-order valence-corrected chi connectivity index (χ4v) is 2.65. The van der Waals surface area contributed by atoms with Crippen LogP contribution >= 0.6 is 23.2 Å². The number of rotatable bonds is 5. The van der Waals surface area contributed by atoms with Crippen LogP contribution in [0.25, 0.3) is 0 Å². The predicted octanol–water partition coefficient (Wildman–Crippen LogP) is 2.91. The Bertz CT molecular complexity index is 519. The van der Waals surface area contributed by atoms with E-state index in [2.05, 4.69) is 10.3 Å². The normalized spacial score (nSPS) is 18.5. The Balaban J connectivity index is 1.87. The van der Waals surface area contributed by atoms with E-state index in [0.29, 0.717) is 26.2 Å². The first-order valence-corrected chi connectivity index (χ1v) is 7.53. The number of ether oxygens (including phenoxy) is 2. The summed E-state index contributed by atoms with van der Waals surface area (Å²) < 4.78 is 11.1. The number of nitrogens with zero attached hydrogens (tertiary/aromatic N) is 1. The van der Waals surface area contributed by atoms with Crippen LogP contribution < -0.4 is 5.32 Å². The molecular weight excluding hydrogens is 315 g/mol. The van der Waals surface area contributed by atoms with Crippen LogP contribution in [0.3, 0.4) is 0 Å². The Morgan fingerprint density at radius 3 is 2.76 bits per heavy atom. The molecule has 1 N–H and O–H groups in total. The number of nitrogens with one attached hydrogen (secondary N) is 1. The lowest BCUT2D eigenvalue weighted by atomic mass is 10.0. The summed E-state index contributed by atoms with van der Waals surface area (Å²) in [6.45, 7) is 5.62. The van der Waals surface area contributed by atoms with Gasteiger partial charge < -0.3 is 14.8 Å². The van der Waals surface area contributed by atoms with Gasteiger partial charge in [-0.3, -0.25) is 4.79 Å². The summed E-state index contributed by atoms with van der Waals surface area (Å²) in [7, 11) is 0. The van der Waals surface area contributed by atoms with E-state index in [-0.39, 0.29) is 27.7 Å². The molecule has 116 valence electrons. The monoisotopic (exact) mass is 332 g/mol. The minimum Gasteiger partial charge on any atom is -0.350 e. The Morgan fingerprint density at radius 1 is 1.43 bits per heavy atom. The van der Waals surface area contributed by atoms with Crippen molar-refractivity contribution in [1.82, 2.24) is 10.3 Å². The zero-order valence-electron chi connectivity index (χ0n) is 12.0. The second-order valence-electron chi connectivity index (χ2n) is 5.31. The molecule has 1 saturated heterocycles. The van der Waals surface area contributed by atoms with E-state index >= 15 is 0 Å². The van der Waals surface area contributed by atoms with Gasteiger partial charge in [0.2, 0.25) is 0 Å². The van der Waals surface area contributed by atoms with Crippen molar-refractivity contribution in [2.24, 2.45) is 5.92 Å². The third-order valence-corrected chi connectivity index (χ3v) is 3.77. The summed E-state index contributed by atoms with van der Waals surface area (Å²) in [5, 5.41) is 3.31. The number of hydrogen-bond donors (Lipinski definition) is 1. The van der Waals surface area contributed by atoms with Crippen molar-refractivity contribution in [3.05, 3.63) is 28.0 Å². The molecule has 0 aliphatic carbocycles. The van der Waals surface area contributed by atoms with Crippen molar-refractivity contribution in [1.29, 1.82) is 0 Å². The molecule has 1 aromatic rings. The molecule has 1 amide bonds. The molecule has 1 fully saturated rings. The van der Waals surface area contributed by atoms with E-state index in [4.69, 9.17) is 32.7 Å². The molecule has 0 bridgehead atoms. The molecule has 2 heterocycles. The molecule has 5 nitrogen and oxygen atoms in total. The van der Waals surface area contributed by atoms with Crippen LogP contribution in [0.2, 0.25) is 10.2 Å². The fourth-order valence-electron chi connectivity index (χ4n) is 2.31. The van der Waals surface area contributed by atoms with Crippen LogP contribution in [-0.2, 0) is 9.47 Å². The van der Waals surface area contributed by atoms with Gasteiger partial charge >= 0.3 is 0 Å². The van der Waals surface area contributed by atoms with Crippen LogP contribution in [0, 0.1) is 5.92 Å². The quantitative estimate of drug-likeness (QED) is 0.842. The van der Waals surface area contributed by atoms with Crippen LogP contribution in [0.5, 0.6) is 0 Å². The van der Waals surface area contributed by atoms with Crippen LogP contribution in [-0.4, -0.2) is 36.4 Å². The van der Waals surface area contributed by atoms with Crippen molar-refractivity contribution in [2.75, 3.05) is 19.8 Å². The van der Waals surface area contributed by atoms with Gasteiger partial charge in [0.15, 0.2) is 5.79 Å². The predicted molar refractivity (Wildman–Crippen MR) is 80.7 cm³/mol. The van der Waals surface area contributed by atoms with Crippen molar-refractivity contribution >= 4 is 29.1 Å². The lowest BCUT2D eigenvalue weighted by molar-refractivity contribution is -0.153. The van der Waals surface area contributed by atoms with Crippen molar-refractivity contribution in [3.63, 3.8) is 0 Å². The molecule has 0 unspecified atom stereocenters. The maximum absolute atomic E-state index is 12.1. The second kappa shape index (κ2) is 6.92. The molecule has 0 aromatic carbocycles. The number of pyridine rings is 1. The number of carbonyl (C=O) groups is 1. The average molecular weight is 333 g/mol. The third-order valence-electron chi connectivity index (χ3n) is 3.26. The highest BCUT2D eigenvalue weighted by Gasteiger charge is 2.32. The number of aromatic nitrogens is 1. The molecule has 0 radical (unpaired) electrons. The van der Waals surface area contributed by atoms with Crippen molar-refractivity contribution < 1.29 is 14.3 Å². The first kappa shape index (κ1) is 16.5. The van der Waals surface area contributed by atoms with Crippen LogP contribution in [0.4, 0.5) is 0 Å². The van der Waals surface area contributed by atoms with E-state index in [1.54, 1.807) is 12.1 Å². The summed E-state index contributed by atoms with van der Waals surface area (Å²) in [4.78, 5) is 16.0. The van der Waals surface area contributed by atoms with E-state index in [9.17, 15) is 4.79 Å². The molecule has 1 aliphatic heterocycles. The minimum absolute atomic E-state index is 0.135. The SMILES string of the molecule is C[C@@H](CNC(=O)c1nc(Cl)ccc1Cl)CC1(C)OCCO1. The molecule has 7 heteroatoms. The third kappa shape index (κ3) is 4.54. The second-order valence-corrected chi connectivity index (χ2v) is 6.11. The smallest absolute Gasteiger partial charge is 0.271 e. The van der Waals surface area contributed by atoms with Gasteiger partial charge in [0.1, 0.15) is 10.8 Å². The summed E-state index contributed by atoms with van der Waals surface area (Å²) in [5.74, 6) is -0.710. The zero-order valence-corrected chi connectivity index (χ0v) is 13.5. The number of amides is 1. The average Bonchev–Trinajstić information content (AvgIpc) is 2.85. The maximum Gasteiger partial charge on any atom is 0.271 e. The highest BCUT2D eigenvalue weighted by Crippen LogP contribution is 2.26. The summed E-state index contributed by atoms with van der Waals surface area (Å²) in [6.07, 6.45) is 0.698. The minimum atomic E-state index is -0.559. The van der Waals surface area contributed by atoms with Gasteiger partial charge in [-0.25, -0.2) is 4.98 Å². The first-order chi connectivity index (χ1) is 9.89. The molecule has 2 rings (SSSR count). The summed E-state index contributed by atoms with van der Waals surface area (Å²) in [6, 6.07) is 3.09. The van der Waals surface area contributed by atoms with Crippen molar-refractivity contribution in [2.45, 2.75) is 26.1 Å². The largest absolute Gasteiger partial charge is 0.350 e. The fraction of sp³-hybridized carbons (Fsp3) is 0.571. The summed E-state index contributed by atoms with van der Waals surface area (Å²) in [5.41, 5.74) is 0.135. The highest BCUT2D eigenvalue weighted by molar-refractivity contribution is 6.34. The first-order valence-electron chi connectivity index (χ1n) is 6.78.